The Morgan fingerprint density at radius 1 is 1.31 bits per heavy atom. The lowest BCUT2D eigenvalue weighted by Crippen LogP contribution is -2.59. The highest BCUT2D eigenvalue weighted by Gasteiger charge is 2.46. The number of aliphatic hydroxyl groups excluding tert-OH is 4. The van der Waals surface area contributed by atoms with Crippen LogP contribution in [0.3, 0.4) is 0 Å². The Hall–Kier alpha value is -0.930. The molecular formula is C8H14O8. The molecule has 1 saturated heterocycles. The monoisotopic (exact) mass is 238 g/mol. The topological polar surface area (TPSA) is 126 Å². The van der Waals surface area contributed by atoms with Gasteiger partial charge in [0.15, 0.2) is 12.4 Å². The van der Waals surface area contributed by atoms with Crippen molar-refractivity contribution in [2.45, 2.75) is 30.7 Å². The minimum Gasteiger partial charge on any atom is -0.438 e. The molecule has 94 valence electrons. The van der Waals surface area contributed by atoms with Crippen LogP contribution in [-0.2, 0) is 14.2 Å². The van der Waals surface area contributed by atoms with Crippen LogP contribution in [0.1, 0.15) is 0 Å². The van der Waals surface area contributed by atoms with Crippen LogP contribution < -0.4 is 0 Å². The highest BCUT2D eigenvalue weighted by Crippen LogP contribution is 2.22. The first-order valence-corrected chi connectivity index (χ1v) is 4.56. The van der Waals surface area contributed by atoms with Gasteiger partial charge < -0.3 is 34.6 Å². The maximum absolute atomic E-state index is 10.8. The van der Waals surface area contributed by atoms with Gasteiger partial charge >= 0.3 is 6.16 Å². The molecule has 0 aromatic heterocycles. The fourth-order valence-electron chi connectivity index (χ4n) is 1.36. The van der Waals surface area contributed by atoms with Crippen LogP contribution in [0.15, 0.2) is 0 Å². The normalized spacial score (nSPS) is 39.2. The third-order valence-corrected chi connectivity index (χ3v) is 2.24. The summed E-state index contributed by atoms with van der Waals surface area (Å²) in [4.78, 5) is 10.8. The molecule has 1 fully saturated rings. The van der Waals surface area contributed by atoms with Crippen molar-refractivity contribution in [3.05, 3.63) is 0 Å². The van der Waals surface area contributed by atoms with Gasteiger partial charge in [0.1, 0.15) is 18.3 Å². The molecule has 0 amide bonds. The Morgan fingerprint density at radius 2 is 1.94 bits per heavy atom. The van der Waals surface area contributed by atoms with E-state index in [-0.39, 0.29) is 0 Å². The minimum atomic E-state index is -1.64. The second-order valence-electron chi connectivity index (χ2n) is 3.27. The van der Waals surface area contributed by atoms with Crippen molar-refractivity contribution in [1.82, 2.24) is 0 Å². The van der Waals surface area contributed by atoms with Crippen molar-refractivity contribution in [3.8, 4) is 0 Å². The number of hydrogen-bond acceptors (Lipinski definition) is 8. The molecule has 0 aromatic carbocycles. The maximum Gasteiger partial charge on any atom is 0.508 e. The Balaban J connectivity index is 2.67. The van der Waals surface area contributed by atoms with Gasteiger partial charge in [-0.2, -0.15) is 0 Å². The predicted molar refractivity (Wildman–Crippen MR) is 47.3 cm³/mol. The van der Waals surface area contributed by atoms with Crippen molar-refractivity contribution < 1.29 is 39.4 Å². The van der Waals surface area contributed by atoms with Crippen LogP contribution in [0.4, 0.5) is 4.79 Å². The van der Waals surface area contributed by atoms with E-state index in [4.69, 9.17) is 9.84 Å². The summed E-state index contributed by atoms with van der Waals surface area (Å²) in [6, 6.07) is 0. The average Bonchev–Trinajstić information content (AvgIpc) is 2.28. The predicted octanol–water partition coefficient (Wildman–Crippen LogP) is -2.43. The molecule has 4 N–H and O–H groups in total. The number of carbonyl (C=O) groups is 1. The lowest BCUT2D eigenvalue weighted by Gasteiger charge is -2.38. The molecule has 0 radical (unpaired) electrons. The van der Waals surface area contributed by atoms with E-state index in [0.29, 0.717) is 0 Å². The van der Waals surface area contributed by atoms with Gasteiger partial charge in [-0.25, -0.2) is 4.79 Å². The van der Waals surface area contributed by atoms with E-state index >= 15 is 0 Å². The summed E-state index contributed by atoms with van der Waals surface area (Å²) in [6.45, 7) is -0.583. The Labute approximate surface area is 91.0 Å². The van der Waals surface area contributed by atoms with Gasteiger partial charge in [0.2, 0.25) is 0 Å². The van der Waals surface area contributed by atoms with E-state index in [1.165, 1.54) is 0 Å². The van der Waals surface area contributed by atoms with E-state index in [0.717, 1.165) is 7.11 Å². The zero-order chi connectivity index (χ0) is 12.3. The lowest BCUT2D eigenvalue weighted by molar-refractivity contribution is -0.287. The van der Waals surface area contributed by atoms with Gasteiger partial charge in [-0.3, -0.25) is 0 Å². The van der Waals surface area contributed by atoms with Crippen molar-refractivity contribution in [2.24, 2.45) is 0 Å². The third kappa shape index (κ3) is 2.60. The van der Waals surface area contributed by atoms with Crippen LogP contribution in [0, 0.1) is 0 Å². The van der Waals surface area contributed by atoms with Crippen molar-refractivity contribution in [3.63, 3.8) is 0 Å². The fraction of sp³-hybridized carbons (Fsp3) is 0.875. The quantitative estimate of drug-likeness (QED) is 0.391. The fourth-order valence-corrected chi connectivity index (χ4v) is 1.36. The molecule has 1 aliphatic rings. The average molecular weight is 238 g/mol. The Morgan fingerprint density at radius 3 is 2.44 bits per heavy atom. The highest BCUT2D eigenvalue weighted by atomic mass is 16.7. The van der Waals surface area contributed by atoms with E-state index in [2.05, 4.69) is 9.47 Å². The Kier molecular flexibility index (Phi) is 4.44. The van der Waals surface area contributed by atoms with Gasteiger partial charge in [-0.05, 0) is 0 Å². The first kappa shape index (κ1) is 13.1. The summed E-state index contributed by atoms with van der Waals surface area (Å²) in [5.41, 5.74) is 0. The summed E-state index contributed by atoms with van der Waals surface area (Å²) in [5.74, 6) is 0. The summed E-state index contributed by atoms with van der Waals surface area (Å²) in [5, 5.41) is 37.1. The molecule has 0 spiro atoms. The SMILES string of the molecule is COC(=O)OC1C(O)OC(CO)C(O)C1O. The summed E-state index contributed by atoms with van der Waals surface area (Å²) < 4.78 is 13.4. The van der Waals surface area contributed by atoms with Crippen molar-refractivity contribution in [2.75, 3.05) is 13.7 Å². The molecule has 8 heteroatoms. The maximum atomic E-state index is 10.8. The van der Waals surface area contributed by atoms with E-state index in [1.54, 1.807) is 0 Å². The minimum absolute atomic E-state index is 0.583. The zero-order valence-electron chi connectivity index (χ0n) is 8.52. The number of ether oxygens (including phenoxy) is 3. The molecule has 0 saturated carbocycles. The summed E-state index contributed by atoms with van der Waals surface area (Å²) in [6.07, 6.45) is -8.41. The molecule has 16 heavy (non-hydrogen) atoms. The molecule has 1 aliphatic heterocycles. The zero-order valence-corrected chi connectivity index (χ0v) is 8.52. The molecule has 8 nitrogen and oxygen atoms in total. The smallest absolute Gasteiger partial charge is 0.438 e. The second kappa shape index (κ2) is 5.41. The van der Waals surface area contributed by atoms with Gasteiger partial charge in [-0.1, -0.05) is 0 Å². The first-order chi connectivity index (χ1) is 7.51. The van der Waals surface area contributed by atoms with Gasteiger partial charge in [-0.15, -0.1) is 0 Å². The number of hydrogen-bond donors (Lipinski definition) is 4. The molecule has 1 heterocycles. The van der Waals surface area contributed by atoms with E-state index < -0.39 is 43.5 Å². The van der Waals surface area contributed by atoms with Crippen LogP contribution in [0.2, 0.25) is 0 Å². The van der Waals surface area contributed by atoms with Gasteiger partial charge in [0.25, 0.3) is 0 Å². The number of aliphatic hydroxyl groups is 4. The van der Waals surface area contributed by atoms with Crippen LogP contribution in [-0.4, -0.2) is 71.0 Å². The summed E-state index contributed by atoms with van der Waals surface area (Å²) in [7, 11) is 1.05. The molecule has 5 unspecified atom stereocenters. The molecule has 1 rings (SSSR count). The van der Waals surface area contributed by atoms with Gasteiger partial charge in [0.05, 0.1) is 13.7 Å². The van der Waals surface area contributed by atoms with Crippen LogP contribution >= 0.6 is 0 Å². The van der Waals surface area contributed by atoms with Crippen molar-refractivity contribution in [1.29, 1.82) is 0 Å². The standard InChI is InChI=1S/C8H14O8/c1-14-8(13)16-6-5(11)4(10)3(2-9)15-7(6)12/h3-7,9-12H,2H2,1H3. The second-order valence-corrected chi connectivity index (χ2v) is 3.27. The Bertz CT molecular complexity index is 244. The van der Waals surface area contributed by atoms with E-state index in [9.17, 15) is 20.1 Å². The molecule has 0 aromatic rings. The summed E-state index contributed by atoms with van der Waals surface area (Å²) >= 11 is 0. The van der Waals surface area contributed by atoms with Crippen molar-refractivity contribution >= 4 is 6.16 Å². The van der Waals surface area contributed by atoms with Crippen LogP contribution in [0.25, 0.3) is 0 Å². The van der Waals surface area contributed by atoms with E-state index in [1.807, 2.05) is 0 Å². The van der Waals surface area contributed by atoms with Crippen LogP contribution in [0.5, 0.6) is 0 Å². The number of methoxy groups -OCH3 is 1. The molecular weight excluding hydrogens is 224 g/mol. The third-order valence-electron chi connectivity index (χ3n) is 2.24. The number of carbonyl (C=O) groups excluding carboxylic acids is 1. The molecule has 0 aliphatic carbocycles. The lowest BCUT2D eigenvalue weighted by atomic mass is 9.99. The molecule has 0 bridgehead atoms. The number of rotatable bonds is 2. The first-order valence-electron chi connectivity index (χ1n) is 4.56. The largest absolute Gasteiger partial charge is 0.508 e. The highest BCUT2D eigenvalue weighted by molar-refractivity contribution is 5.59. The van der Waals surface area contributed by atoms with Gasteiger partial charge in [0, 0.05) is 0 Å². The molecule has 5 atom stereocenters.